The van der Waals surface area contributed by atoms with E-state index < -0.39 is 0 Å². The van der Waals surface area contributed by atoms with Crippen molar-refractivity contribution in [3.05, 3.63) is 34.3 Å². The van der Waals surface area contributed by atoms with Gasteiger partial charge >= 0.3 is 0 Å². The summed E-state index contributed by atoms with van der Waals surface area (Å²) in [7, 11) is 0. The topological polar surface area (TPSA) is 23.6 Å². The van der Waals surface area contributed by atoms with Crippen molar-refractivity contribution in [1.82, 2.24) is 9.80 Å². The summed E-state index contributed by atoms with van der Waals surface area (Å²) in [5.74, 6) is 0.178. The Morgan fingerprint density at radius 3 is 2.68 bits per heavy atom. The molecule has 0 saturated carbocycles. The summed E-state index contributed by atoms with van der Waals surface area (Å²) in [6.07, 6.45) is 3.86. The van der Waals surface area contributed by atoms with Crippen molar-refractivity contribution in [3.8, 4) is 0 Å². The van der Waals surface area contributed by atoms with E-state index in [0.29, 0.717) is 6.04 Å². The summed E-state index contributed by atoms with van der Waals surface area (Å²) in [5, 5.41) is 0. The number of carbonyl (C=O) groups excluding carboxylic acids is 1. The van der Waals surface area contributed by atoms with Gasteiger partial charge in [0.15, 0.2) is 0 Å². The van der Waals surface area contributed by atoms with E-state index in [1.165, 1.54) is 25.8 Å². The Bertz CT molecular complexity index is 460. The first-order valence-corrected chi connectivity index (χ1v) is 7.82. The summed E-state index contributed by atoms with van der Waals surface area (Å²) in [6.45, 7) is 4.01. The Morgan fingerprint density at radius 2 is 1.89 bits per heavy atom. The number of nitrogens with zero attached hydrogens (tertiary/aromatic N) is 2. The third kappa shape index (κ3) is 2.84. The molecule has 1 amide bonds. The van der Waals surface area contributed by atoms with Crippen LogP contribution in [0, 0.1) is 0 Å². The van der Waals surface area contributed by atoms with Gasteiger partial charge in [0.2, 0.25) is 0 Å². The van der Waals surface area contributed by atoms with E-state index in [0.717, 1.165) is 29.7 Å². The molecule has 3 nitrogen and oxygen atoms in total. The van der Waals surface area contributed by atoms with Gasteiger partial charge in [-0.05, 0) is 43.7 Å². The van der Waals surface area contributed by atoms with Crippen molar-refractivity contribution in [2.45, 2.75) is 25.3 Å². The lowest BCUT2D eigenvalue weighted by atomic mass is 9.99. The number of benzene rings is 1. The Hall–Kier alpha value is -0.870. The molecule has 102 valence electrons. The second-order valence-corrected chi connectivity index (χ2v) is 6.36. The molecule has 0 N–H and O–H groups in total. The second kappa shape index (κ2) is 5.63. The minimum Gasteiger partial charge on any atom is -0.336 e. The van der Waals surface area contributed by atoms with E-state index in [9.17, 15) is 4.79 Å². The molecule has 4 heteroatoms. The van der Waals surface area contributed by atoms with Crippen LogP contribution in [0.3, 0.4) is 0 Å². The van der Waals surface area contributed by atoms with E-state index in [4.69, 9.17) is 0 Å². The third-order valence-corrected chi connectivity index (χ3v) is 4.74. The van der Waals surface area contributed by atoms with Gasteiger partial charge in [-0.15, -0.1) is 0 Å². The quantitative estimate of drug-likeness (QED) is 0.793. The summed E-state index contributed by atoms with van der Waals surface area (Å²) in [6, 6.07) is 8.26. The molecule has 0 aliphatic carbocycles. The number of piperidine rings is 1. The molecule has 1 aromatic carbocycles. The smallest absolute Gasteiger partial charge is 0.253 e. The first-order chi connectivity index (χ1) is 9.24. The Morgan fingerprint density at radius 1 is 1.11 bits per heavy atom. The van der Waals surface area contributed by atoms with Gasteiger partial charge in [-0.25, -0.2) is 0 Å². The number of fused-ring (bicyclic) bond motifs is 1. The molecular weight excluding hydrogens is 304 g/mol. The number of carbonyl (C=O) groups is 1. The van der Waals surface area contributed by atoms with Crippen molar-refractivity contribution in [1.29, 1.82) is 0 Å². The molecular formula is C15H19BrN2O. The molecule has 2 saturated heterocycles. The molecule has 2 heterocycles. The van der Waals surface area contributed by atoms with Crippen LogP contribution < -0.4 is 0 Å². The van der Waals surface area contributed by atoms with Crippen LogP contribution in [0.1, 0.15) is 29.6 Å². The average Bonchev–Trinajstić information content (AvgIpc) is 2.47. The first kappa shape index (κ1) is 13.1. The van der Waals surface area contributed by atoms with Gasteiger partial charge in [0.1, 0.15) is 0 Å². The molecule has 3 rings (SSSR count). The molecule has 2 fully saturated rings. The summed E-state index contributed by atoms with van der Waals surface area (Å²) >= 11 is 3.40. The zero-order chi connectivity index (χ0) is 13.2. The van der Waals surface area contributed by atoms with Crippen LogP contribution in [0.5, 0.6) is 0 Å². The predicted molar refractivity (Wildman–Crippen MR) is 79.3 cm³/mol. The van der Waals surface area contributed by atoms with Crippen LogP contribution in [0.15, 0.2) is 28.7 Å². The average molecular weight is 323 g/mol. The lowest BCUT2D eigenvalue weighted by Crippen LogP contribution is -2.56. The molecule has 19 heavy (non-hydrogen) atoms. The predicted octanol–water partition coefficient (Wildman–Crippen LogP) is 2.76. The fourth-order valence-corrected chi connectivity index (χ4v) is 3.38. The minimum atomic E-state index is 0.178. The lowest BCUT2D eigenvalue weighted by Gasteiger charge is -2.44. The molecule has 1 atom stereocenters. The normalized spacial score (nSPS) is 24.1. The number of hydrogen-bond donors (Lipinski definition) is 0. The number of amides is 1. The molecule has 0 spiro atoms. The number of hydrogen-bond acceptors (Lipinski definition) is 2. The summed E-state index contributed by atoms with van der Waals surface area (Å²) in [4.78, 5) is 17.1. The Balaban J connectivity index is 1.69. The monoisotopic (exact) mass is 322 g/mol. The lowest BCUT2D eigenvalue weighted by molar-refractivity contribution is 0.0372. The highest BCUT2D eigenvalue weighted by Gasteiger charge is 2.31. The maximum absolute atomic E-state index is 12.5. The van der Waals surface area contributed by atoms with E-state index >= 15 is 0 Å². The molecule has 0 aromatic heterocycles. The minimum absolute atomic E-state index is 0.178. The van der Waals surface area contributed by atoms with Crippen molar-refractivity contribution in [3.63, 3.8) is 0 Å². The standard InChI is InChI=1S/C15H19BrN2O/c16-13-6-4-12(5-7-13)15(19)18-10-9-17-8-2-1-3-14(17)11-18/h4-7,14H,1-3,8-11H2. The largest absolute Gasteiger partial charge is 0.336 e. The van der Waals surface area contributed by atoms with E-state index in [-0.39, 0.29) is 5.91 Å². The number of piperazine rings is 1. The Labute approximate surface area is 122 Å². The van der Waals surface area contributed by atoms with Gasteiger partial charge in [0, 0.05) is 35.7 Å². The highest BCUT2D eigenvalue weighted by molar-refractivity contribution is 9.10. The maximum Gasteiger partial charge on any atom is 0.253 e. The van der Waals surface area contributed by atoms with Crippen LogP contribution in [0.2, 0.25) is 0 Å². The SMILES string of the molecule is O=C(c1ccc(Br)cc1)N1CCN2CCCCC2C1. The molecule has 2 aliphatic heterocycles. The van der Waals surface area contributed by atoms with Crippen LogP contribution in [0.4, 0.5) is 0 Å². The van der Waals surface area contributed by atoms with Crippen LogP contribution in [-0.2, 0) is 0 Å². The highest BCUT2D eigenvalue weighted by Crippen LogP contribution is 2.22. The third-order valence-electron chi connectivity index (χ3n) is 4.22. The highest BCUT2D eigenvalue weighted by atomic mass is 79.9. The molecule has 1 unspecified atom stereocenters. The van der Waals surface area contributed by atoms with Crippen molar-refractivity contribution in [2.24, 2.45) is 0 Å². The van der Waals surface area contributed by atoms with Gasteiger partial charge in [0.05, 0.1) is 0 Å². The van der Waals surface area contributed by atoms with E-state index in [1.807, 2.05) is 29.2 Å². The molecule has 0 radical (unpaired) electrons. The van der Waals surface area contributed by atoms with Gasteiger partial charge in [0.25, 0.3) is 5.91 Å². The molecule has 2 aliphatic rings. The number of halogens is 1. The molecule has 0 bridgehead atoms. The van der Waals surface area contributed by atoms with Crippen molar-refractivity contribution in [2.75, 3.05) is 26.2 Å². The van der Waals surface area contributed by atoms with Gasteiger partial charge in [-0.1, -0.05) is 22.4 Å². The zero-order valence-corrected chi connectivity index (χ0v) is 12.6. The van der Waals surface area contributed by atoms with E-state index in [2.05, 4.69) is 20.8 Å². The van der Waals surface area contributed by atoms with Crippen molar-refractivity contribution < 1.29 is 4.79 Å². The second-order valence-electron chi connectivity index (χ2n) is 5.44. The van der Waals surface area contributed by atoms with Crippen LogP contribution in [0.25, 0.3) is 0 Å². The zero-order valence-electron chi connectivity index (χ0n) is 11.0. The molecule has 1 aromatic rings. The van der Waals surface area contributed by atoms with Crippen molar-refractivity contribution >= 4 is 21.8 Å². The fourth-order valence-electron chi connectivity index (χ4n) is 3.12. The maximum atomic E-state index is 12.5. The van der Waals surface area contributed by atoms with Gasteiger partial charge in [-0.3, -0.25) is 9.69 Å². The number of rotatable bonds is 1. The summed E-state index contributed by atoms with van der Waals surface area (Å²) < 4.78 is 1.01. The first-order valence-electron chi connectivity index (χ1n) is 7.03. The Kier molecular flexibility index (Phi) is 3.89. The van der Waals surface area contributed by atoms with Crippen LogP contribution in [-0.4, -0.2) is 47.9 Å². The van der Waals surface area contributed by atoms with Crippen LogP contribution >= 0.6 is 15.9 Å². The van der Waals surface area contributed by atoms with E-state index in [1.54, 1.807) is 0 Å². The summed E-state index contributed by atoms with van der Waals surface area (Å²) in [5.41, 5.74) is 0.799. The van der Waals surface area contributed by atoms with Gasteiger partial charge in [-0.2, -0.15) is 0 Å². The fraction of sp³-hybridized carbons (Fsp3) is 0.533. The van der Waals surface area contributed by atoms with Gasteiger partial charge < -0.3 is 4.90 Å².